The zero-order chi connectivity index (χ0) is 27.1. The molecule has 0 radical (unpaired) electrons. The quantitative estimate of drug-likeness (QED) is 0.210. The van der Waals surface area contributed by atoms with Gasteiger partial charge in [-0.15, -0.1) is 11.3 Å². The van der Waals surface area contributed by atoms with E-state index in [2.05, 4.69) is 108 Å². The molecule has 1 nitrogen and oxygen atoms in total. The third-order valence-corrected chi connectivity index (χ3v) is 7.97. The van der Waals surface area contributed by atoms with Gasteiger partial charge in [0.25, 0.3) is 0 Å². The maximum Gasteiger partial charge on any atom is 0.0629 e. The van der Waals surface area contributed by atoms with Crippen molar-refractivity contribution < 1.29 is 2.74 Å². The number of benzene rings is 6. The maximum atomic E-state index is 8.87. The number of hydrogen-bond acceptors (Lipinski definition) is 2. The summed E-state index contributed by atoms with van der Waals surface area (Å²) >= 11 is 1.73. The van der Waals surface area contributed by atoms with Crippen LogP contribution in [0.1, 0.15) is 13.9 Å². The molecule has 38 heavy (non-hydrogen) atoms. The Hall–Kier alpha value is -4.66. The normalized spacial score (nSPS) is 12.8. The van der Waals surface area contributed by atoms with E-state index in [-0.39, 0.29) is 12.1 Å². The van der Waals surface area contributed by atoms with Gasteiger partial charge < -0.3 is 4.90 Å². The van der Waals surface area contributed by atoms with Gasteiger partial charge in [-0.2, -0.15) is 0 Å². The summed E-state index contributed by atoms with van der Waals surface area (Å²) in [5, 5.41) is 4.57. The Labute approximate surface area is 229 Å². The highest BCUT2D eigenvalue weighted by Gasteiger charge is 2.12. The molecule has 0 bridgehead atoms. The monoisotopic (exact) mass is 505 g/mol. The second-order valence-corrected chi connectivity index (χ2v) is 10.4. The Morgan fingerprint density at radius 3 is 1.82 bits per heavy atom. The van der Waals surface area contributed by atoms with Crippen LogP contribution in [0, 0.1) is 0 Å². The summed E-state index contributed by atoms with van der Waals surface area (Å²) in [5.41, 5.74) is 4.76. The van der Waals surface area contributed by atoms with Gasteiger partial charge in [-0.3, -0.25) is 0 Å². The summed E-state index contributed by atoms with van der Waals surface area (Å²) in [6.45, 7) is 0. The lowest BCUT2D eigenvalue weighted by atomic mass is 10.0. The van der Waals surface area contributed by atoms with E-state index in [0.717, 1.165) is 43.7 Å². The summed E-state index contributed by atoms with van der Waals surface area (Å²) in [5.74, 6) is 0. The Kier molecular flexibility index (Phi) is 5.19. The minimum atomic E-state index is 0.224. The summed E-state index contributed by atoms with van der Waals surface area (Å²) in [4.78, 5) is 2.25. The summed E-state index contributed by atoms with van der Waals surface area (Å²) in [7, 11) is 0. The molecule has 6 aromatic carbocycles. The van der Waals surface area contributed by atoms with Crippen LogP contribution < -0.4 is 4.90 Å². The van der Waals surface area contributed by atoms with E-state index < -0.39 is 0 Å². The Bertz CT molecular complexity index is 1990. The van der Waals surface area contributed by atoms with Gasteiger partial charge in [-0.25, -0.2) is 0 Å². The molecule has 0 saturated carbocycles. The van der Waals surface area contributed by atoms with Crippen LogP contribution in [0.5, 0.6) is 0 Å². The van der Waals surface area contributed by atoms with Crippen molar-refractivity contribution in [2.75, 3.05) is 4.90 Å². The Morgan fingerprint density at radius 2 is 1.05 bits per heavy atom. The van der Waals surface area contributed by atoms with Crippen LogP contribution in [-0.2, 0) is 0 Å². The van der Waals surface area contributed by atoms with Crippen molar-refractivity contribution in [1.29, 1.82) is 0 Å². The average Bonchev–Trinajstić information content (AvgIpc) is 3.39. The van der Waals surface area contributed by atoms with Crippen LogP contribution in [-0.4, -0.2) is 0 Å². The largest absolute Gasteiger partial charge is 0.310 e. The number of thiophene rings is 1. The number of para-hydroxylation sites is 2. The van der Waals surface area contributed by atoms with Crippen molar-refractivity contribution in [2.45, 2.75) is 0 Å². The summed E-state index contributed by atoms with van der Waals surface area (Å²) in [6.07, 6.45) is 0. The first-order valence-electron chi connectivity index (χ1n) is 13.7. The summed E-state index contributed by atoms with van der Waals surface area (Å²) in [6, 6.07) is 48.1. The molecule has 0 amide bonds. The van der Waals surface area contributed by atoms with Crippen LogP contribution >= 0.6 is 11.3 Å². The van der Waals surface area contributed by atoms with E-state index in [4.69, 9.17) is 2.74 Å². The maximum absolute atomic E-state index is 8.87. The van der Waals surface area contributed by atoms with Crippen LogP contribution in [0.2, 0.25) is 0 Å². The fourth-order valence-corrected chi connectivity index (χ4v) is 6.14. The third kappa shape index (κ3) is 4.26. The highest BCUT2D eigenvalue weighted by molar-refractivity contribution is 7.25. The van der Waals surface area contributed by atoms with Gasteiger partial charge >= 0.3 is 0 Å². The molecule has 0 N–H and O–H groups in total. The molecule has 0 saturated heterocycles. The van der Waals surface area contributed by atoms with E-state index in [1.54, 1.807) is 11.3 Å². The van der Waals surface area contributed by atoms with Crippen molar-refractivity contribution in [3.8, 4) is 0 Å². The average molecular weight is 506 g/mol. The zero-order valence-corrected chi connectivity index (χ0v) is 21.5. The second kappa shape index (κ2) is 9.66. The Balaban J connectivity index is 1.26. The smallest absolute Gasteiger partial charge is 0.0629 e. The van der Waals surface area contributed by atoms with E-state index in [0.29, 0.717) is 0 Å². The minimum absolute atomic E-state index is 0.224. The van der Waals surface area contributed by atoms with Crippen LogP contribution in [0.4, 0.5) is 17.1 Å². The van der Waals surface area contributed by atoms with Crippen molar-refractivity contribution in [2.24, 2.45) is 0 Å². The molecule has 0 unspecified atom stereocenters. The molecule has 0 spiro atoms. The first-order chi connectivity index (χ1) is 19.7. The van der Waals surface area contributed by atoms with Crippen molar-refractivity contribution in [3.63, 3.8) is 0 Å². The van der Waals surface area contributed by atoms with Gasteiger partial charge in [0.15, 0.2) is 0 Å². The molecule has 0 aliphatic carbocycles. The van der Waals surface area contributed by atoms with Gasteiger partial charge in [0, 0.05) is 37.2 Å². The molecule has 2 heteroatoms. The minimum Gasteiger partial charge on any atom is -0.310 e. The number of nitrogens with zero attached hydrogens (tertiary/aromatic N) is 1. The lowest BCUT2D eigenvalue weighted by molar-refractivity contribution is 1.29. The lowest BCUT2D eigenvalue weighted by Crippen LogP contribution is -2.09. The summed E-state index contributed by atoms with van der Waals surface area (Å²) < 4.78 is 20.1. The van der Waals surface area contributed by atoms with Crippen molar-refractivity contribution >= 4 is 71.4 Å². The predicted molar refractivity (Wildman–Crippen MR) is 167 cm³/mol. The first kappa shape index (κ1) is 20.4. The molecule has 7 aromatic rings. The highest BCUT2D eigenvalue weighted by atomic mass is 32.1. The number of anilines is 3. The molecule has 1 heterocycles. The highest BCUT2D eigenvalue weighted by Crippen LogP contribution is 2.36. The molecular formula is C36H25NS. The number of rotatable bonds is 5. The van der Waals surface area contributed by atoms with Gasteiger partial charge in [-0.05, 0) is 76.5 Å². The third-order valence-electron chi connectivity index (χ3n) is 6.84. The van der Waals surface area contributed by atoms with E-state index in [9.17, 15) is 0 Å². The number of fused-ring (bicyclic) bond motifs is 4. The van der Waals surface area contributed by atoms with Crippen LogP contribution in [0.3, 0.4) is 0 Å². The molecule has 1 aromatic heterocycles. The van der Waals surface area contributed by atoms with Gasteiger partial charge in [0.05, 0.1) is 2.74 Å². The van der Waals surface area contributed by atoms with Crippen molar-refractivity contribution in [3.05, 3.63) is 151 Å². The molecule has 0 fully saturated rings. The predicted octanol–water partition coefficient (Wildman–Crippen LogP) is 10.8. The van der Waals surface area contributed by atoms with Crippen molar-refractivity contribution in [1.82, 2.24) is 0 Å². The van der Waals surface area contributed by atoms with E-state index >= 15 is 0 Å². The molecule has 0 aliphatic rings. The molecular weight excluding hydrogens is 478 g/mol. The zero-order valence-electron chi connectivity index (χ0n) is 22.6. The molecule has 0 aliphatic heterocycles. The Morgan fingerprint density at radius 1 is 0.474 bits per heavy atom. The topological polar surface area (TPSA) is 3.24 Å². The molecule has 0 atom stereocenters. The fraction of sp³-hybridized carbons (Fsp3) is 0. The van der Waals surface area contributed by atoms with Gasteiger partial charge in [-0.1, -0.05) is 97.0 Å². The fourth-order valence-electron chi connectivity index (χ4n) is 5.00. The van der Waals surface area contributed by atoms with E-state index in [1.807, 2.05) is 36.4 Å². The standard InChI is InChI=1S/C36H25NS/c1-3-9-30(10-4-1)37(31-11-5-2-6-12-31)32-21-20-28-23-26(17-19-29(28)25-32)15-16-27-18-22-34-33-13-7-8-14-35(33)38-36(34)24-27/h1-25H/b16-15+/i15D,16D. The molecule has 7 rings (SSSR count). The lowest BCUT2D eigenvalue weighted by Gasteiger charge is -2.25. The van der Waals surface area contributed by atoms with Gasteiger partial charge in [0.1, 0.15) is 0 Å². The number of hydrogen-bond donors (Lipinski definition) is 0. The SMILES string of the molecule is [2H]/C(=C(/[2H])c1ccc2c(c1)sc1ccccc12)c1ccc2cc(N(c3ccccc3)c3ccccc3)ccc2c1. The van der Waals surface area contributed by atoms with Gasteiger partial charge in [0.2, 0.25) is 0 Å². The van der Waals surface area contributed by atoms with E-state index in [1.165, 1.54) is 15.5 Å². The van der Waals surface area contributed by atoms with Crippen LogP contribution in [0.25, 0.3) is 43.0 Å². The molecule has 180 valence electrons. The van der Waals surface area contributed by atoms with Crippen LogP contribution in [0.15, 0.2) is 140 Å². The first-order valence-corrected chi connectivity index (χ1v) is 13.5. The second-order valence-electron chi connectivity index (χ2n) is 9.31.